The molecule has 0 saturated carbocycles. The fraction of sp³-hybridized carbons (Fsp3) is 0.357. The summed E-state index contributed by atoms with van der Waals surface area (Å²) >= 11 is 0. The van der Waals surface area contributed by atoms with Gasteiger partial charge in [-0.2, -0.15) is 0 Å². The standard InChI is InChI=1S/C14H16N2O4/c1-10-14(19)15-12(17)7-16(10)13(18)9-20-8-11-5-3-2-4-6-11/h2-6,10H,7-9H2,1H3,(H,15,17,19). The van der Waals surface area contributed by atoms with E-state index in [1.807, 2.05) is 30.3 Å². The Balaban J connectivity index is 1.85. The highest BCUT2D eigenvalue weighted by atomic mass is 16.5. The lowest BCUT2D eigenvalue weighted by Crippen LogP contribution is -2.59. The van der Waals surface area contributed by atoms with Crippen molar-refractivity contribution in [1.82, 2.24) is 10.2 Å². The molecule has 6 heteroatoms. The fourth-order valence-electron chi connectivity index (χ4n) is 1.93. The van der Waals surface area contributed by atoms with Gasteiger partial charge >= 0.3 is 0 Å². The van der Waals surface area contributed by atoms with E-state index in [4.69, 9.17) is 4.74 Å². The molecule has 1 unspecified atom stereocenters. The summed E-state index contributed by atoms with van der Waals surface area (Å²) in [4.78, 5) is 35.9. The molecule has 2 rings (SSSR count). The highest BCUT2D eigenvalue weighted by Gasteiger charge is 2.33. The molecule has 20 heavy (non-hydrogen) atoms. The van der Waals surface area contributed by atoms with Crippen LogP contribution in [0.2, 0.25) is 0 Å². The number of piperazine rings is 1. The monoisotopic (exact) mass is 276 g/mol. The summed E-state index contributed by atoms with van der Waals surface area (Å²) in [7, 11) is 0. The van der Waals surface area contributed by atoms with E-state index in [1.54, 1.807) is 6.92 Å². The number of hydrogen-bond donors (Lipinski definition) is 1. The van der Waals surface area contributed by atoms with Crippen LogP contribution in [0.5, 0.6) is 0 Å². The first-order valence-corrected chi connectivity index (χ1v) is 6.33. The average molecular weight is 276 g/mol. The lowest BCUT2D eigenvalue weighted by Gasteiger charge is -2.31. The maximum Gasteiger partial charge on any atom is 0.249 e. The van der Waals surface area contributed by atoms with Gasteiger partial charge in [-0.3, -0.25) is 19.7 Å². The molecule has 6 nitrogen and oxygen atoms in total. The van der Waals surface area contributed by atoms with E-state index in [1.165, 1.54) is 4.90 Å². The van der Waals surface area contributed by atoms with Crippen LogP contribution in [-0.2, 0) is 25.7 Å². The topological polar surface area (TPSA) is 75.7 Å². The van der Waals surface area contributed by atoms with Gasteiger partial charge in [0, 0.05) is 0 Å². The zero-order chi connectivity index (χ0) is 14.5. The number of rotatable bonds is 4. The third kappa shape index (κ3) is 3.42. The second kappa shape index (κ2) is 6.29. The third-order valence-corrected chi connectivity index (χ3v) is 3.08. The third-order valence-electron chi connectivity index (χ3n) is 3.08. The first-order valence-electron chi connectivity index (χ1n) is 6.33. The van der Waals surface area contributed by atoms with Crippen molar-refractivity contribution in [3.63, 3.8) is 0 Å². The number of nitrogens with one attached hydrogen (secondary N) is 1. The maximum absolute atomic E-state index is 12.0. The summed E-state index contributed by atoms with van der Waals surface area (Å²) in [6.45, 7) is 1.63. The maximum atomic E-state index is 12.0. The molecule has 1 saturated heterocycles. The average Bonchev–Trinajstić information content (AvgIpc) is 2.44. The molecule has 1 fully saturated rings. The van der Waals surface area contributed by atoms with E-state index < -0.39 is 17.9 Å². The van der Waals surface area contributed by atoms with Crippen LogP contribution in [0.1, 0.15) is 12.5 Å². The van der Waals surface area contributed by atoms with Crippen molar-refractivity contribution in [2.24, 2.45) is 0 Å². The number of hydrogen-bond acceptors (Lipinski definition) is 4. The highest BCUT2D eigenvalue weighted by Crippen LogP contribution is 2.06. The van der Waals surface area contributed by atoms with Crippen LogP contribution in [0.3, 0.4) is 0 Å². The molecule has 1 N–H and O–H groups in total. The number of benzene rings is 1. The Kier molecular flexibility index (Phi) is 4.47. The van der Waals surface area contributed by atoms with Gasteiger partial charge in [-0.25, -0.2) is 0 Å². The van der Waals surface area contributed by atoms with Crippen molar-refractivity contribution < 1.29 is 19.1 Å². The number of amides is 3. The first kappa shape index (κ1) is 14.2. The molecule has 106 valence electrons. The molecule has 0 radical (unpaired) electrons. The number of ether oxygens (including phenoxy) is 1. The largest absolute Gasteiger partial charge is 0.367 e. The van der Waals surface area contributed by atoms with Gasteiger partial charge in [0.15, 0.2) is 0 Å². The molecule has 1 aromatic carbocycles. The first-order chi connectivity index (χ1) is 9.58. The molecule has 0 spiro atoms. The smallest absolute Gasteiger partial charge is 0.249 e. The SMILES string of the molecule is CC1C(=O)NC(=O)CN1C(=O)COCc1ccccc1. The van der Waals surface area contributed by atoms with Crippen molar-refractivity contribution in [2.75, 3.05) is 13.2 Å². The Morgan fingerprint density at radius 3 is 2.75 bits per heavy atom. The van der Waals surface area contributed by atoms with E-state index in [9.17, 15) is 14.4 Å². The van der Waals surface area contributed by atoms with Gasteiger partial charge in [0.1, 0.15) is 19.2 Å². The van der Waals surface area contributed by atoms with Crippen LogP contribution < -0.4 is 5.32 Å². The van der Waals surface area contributed by atoms with Gasteiger partial charge < -0.3 is 9.64 Å². The summed E-state index contributed by atoms with van der Waals surface area (Å²) in [5, 5.41) is 2.18. The van der Waals surface area contributed by atoms with Gasteiger partial charge in [-0.15, -0.1) is 0 Å². The van der Waals surface area contributed by atoms with E-state index >= 15 is 0 Å². The van der Waals surface area contributed by atoms with Crippen LogP contribution in [0.25, 0.3) is 0 Å². The highest BCUT2D eigenvalue weighted by molar-refractivity contribution is 6.04. The predicted molar refractivity (Wildman–Crippen MR) is 70.4 cm³/mol. The van der Waals surface area contributed by atoms with Crippen LogP contribution in [0.15, 0.2) is 30.3 Å². The van der Waals surface area contributed by atoms with Crippen molar-refractivity contribution >= 4 is 17.7 Å². The second-order valence-corrected chi connectivity index (χ2v) is 4.59. The molecule has 0 bridgehead atoms. The lowest BCUT2D eigenvalue weighted by molar-refractivity contribution is -0.152. The molecule has 1 aromatic rings. The van der Waals surface area contributed by atoms with E-state index in [2.05, 4.69) is 5.32 Å². The van der Waals surface area contributed by atoms with Crippen LogP contribution in [-0.4, -0.2) is 41.8 Å². The molecule has 1 aliphatic heterocycles. The van der Waals surface area contributed by atoms with E-state index in [-0.39, 0.29) is 19.1 Å². The molecular weight excluding hydrogens is 260 g/mol. The van der Waals surface area contributed by atoms with Gasteiger partial charge in [0.2, 0.25) is 17.7 Å². The summed E-state index contributed by atoms with van der Waals surface area (Å²) in [5.74, 6) is -1.29. The number of imide groups is 1. The molecule has 3 amide bonds. The van der Waals surface area contributed by atoms with Crippen LogP contribution in [0.4, 0.5) is 0 Å². The molecule has 1 aliphatic rings. The Labute approximate surface area is 116 Å². The number of carbonyl (C=O) groups is 3. The summed E-state index contributed by atoms with van der Waals surface area (Å²) in [5.41, 5.74) is 0.959. The fourth-order valence-corrected chi connectivity index (χ4v) is 1.93. The minimum Gasteiger partial charge on any atom is -0.367 e. The van der Waals surface area contributed by atoms with Gasteiger partial charge in [-0.1, -0.05) is 30.3 Å². The molecule has 0 aromatic heterocycles. The van der Waals surface area contributed by atoms with Gasteiger partial charge in [-0.05, 0) is 12.5 Å². The quantitative estimate of drug-likeness (QED) is 0.790. The molecule has 1 heterocycles. The van der Waals surface area contributed by atoms with Crippen molar-refractivity contribution in [1.29, 1.82) is 0 Å². The Bertz CT molecular complexity index is 515. The summed E-state index contributed by atoms with van der Waals surface area (Å²) < 4.78 is 5.32. The minimum absolute atomic E-state index is 0.111. The molecular formula is C14H16N2O4. The Morgan fingerprint density at radius 2 is 2.05 bits per heavy atom. The van der Waals surface area contributed by atoms with Crippen molar-refractivity contribution in [3.05, 3.63) is 35.9 Å². The summed E-state index contributed by atoms with van der Waals surface area (Å²) in [6.07, 6.45) is 0. The predicted octanol–water partition coefficient (Wildman–Crippen LogP) is 0.0767. The van der Waals surface area contributed by atoms with Gasteiger partial charge in [0.05, 0.1) is 6.61 Å². The normalized spacial score (nSPS) is 18.9. The van der Waals surface area contributed by atoms with Crippen molar-refractivity contribution in [3.8, 4) is 0 Å². The molecule has 0 aliphatic carbocycles. The summed E-state index contributed by atoms with van der Waals surface area (Å²) in [6, 6.07) is 8.80. The van der Waals surface area contributed by atoms with E-state index in [0.717, 1.165) is 5.56 Å². The zero-order valence-corrected chi connectivity index (χ0v) is 11.2. The number of carbonyl (C=O) groups excluding carboxylic acids is 3. The number of nitrogens with zero attached hydrogens (tertiary/aromatic N) is 1. The van der Waals surface area contributed by atoms with Gasteiger partial charge in [0.25, 0.3) is 0 Å². The molecule has 1 atom stereocenters. The van der Waals surface area contributed by atoms with E-state index in [0.29, 0.717) is 6.61 Å². The van der Waals surface area contributed by atoms with Crippen LogP contribution >= 0.6 is 0 Å². The minimum atomic E-state index is -0.652. The van der Waals surface area contributed by atoms with Crippen LogP contribution in [0, 0.1) is 0 Å². The lowest BCUT2D eigenvalue weighted by atomic mass is 10.2. The Morgan fingerprint density at radius 1 is 1.35 bits per heavy atom. The van der Waals surface area contributed by atoms with Crippen molar-refractivity contribution in [2.45, 2.75) is 19.6 Å². The Hall–Kier alpha value is -2.21. The zero-order valence-electron chi connectivity index (χ0n) is 11.2. The second-order valence-electron chi connectivity index (χ2n) is 4.59.